The number of rotatable bonds is 5. The quantitative estimate of drug-likeness (QED) is 0.386. The van der Waals surface area contributed by atoms with Gasteiger partial charge in [-0.15, -0.1) is 11.8 Å². The third-order valence-electron chi connectivity index (χ3n) is 5.10. The Hall–Kier alpha value is -3.38. The maximum absolute atomic E-state index is 13.0. The van der Waals surface area contributed by atoms with Gasteiger partial charge >= 0.3 is 0 Å². The van der Waals surface area contributed by atoms with Crippen molar-refractivity contribution in [1.29, 1.82) is 0 Å². The molecule has 148 valence electrons. The Labute approximate surface area is 178 Å². The molecule has 1 amide bonds. The van der Waals surface area contributed by atoms with Gasteiger partial charge in [0.05, 0.1) is 11.3 Å². The highest BCUT2D eigenvalue weighted by Crippen LogP contribution is 2.37. The minimum Gasteiger partial charge on any atom is -0.338 e. The number of hydrogen-bond acceptors (Lipinski definition) is 5. The molecule has 1 aliphatic rings. The van der Waals surface area contributed by atoms with Crippen molar-refractivity contribution in [2.75, 3.05) is 5.32 Å². The van der Waals surface area contributed by atoms with Gasteiger partial charge in [0.2, 0.25) is 5.89 Å². The summed E-state index contributed by atoms with van der Waals surface area (Å²) in [5, 5.41) is 6.86. The Morgan fingerprint density at radius 2 is 1.83 bits per heavy atom. The van der Waals surface area contributed by atoms with Gasteiger partial charge in [-0.2, -0.15) is 4.98 Å². The van der Waals surface area contributed by atoms with E-state index in [0.29, 0.717) is 23.0 Å². The Bertz CT molecular complexity index is 1250. The summed E-state index contributed by atoms with van der Waals surface area (Å²) in [4.78, 5) is 18.1. The van der Waals surface area contributed by atoms with Crippen LogP contribution < -0.4 is 5.32 Å². The lowest BCUT2D eigenvalue weighted by molar-refractivity contribution is 0.102. The summed E-state index contributed by atoms with van der Waals surface area (Å²) in [5.74, 6) is 1.54. The van der Waals surface area contributed by atoms with Crippen LogP contribution in [-0.2, 0) is 12.2 Å². The fraction of sp³-hybridized carbons (Fsp3) is 0.125. The molecule has 0 aliphatic heterocycles. The normalized spacial score (nSPS) is 11.8. The molecule has 4 aromatic rings. The summed E-state index contributed by atoms with van der Waals surface area (Å²) in [7, 11) is 0. The molecular formula is C24H19N3O2S. The standard InChI is InChI=1S/C24H19N3O2S/c1-15-25-23(29-27-15)14-30-22-9-5-4-8-21(22)24(28)26-18-10-11-20-17(13-18)12-16-6-2-3-7-19(16)20/h2-11,13H,12,14H2,1H3,(H,26,28). The first-order valence-corrected chi connectivity index (χ1v) is 10.7. The summed E-state index contributed by atoms with van der Waals surface area (Å²) in [6.45, 7) is 1.79. The van der Waals surface area contributed by atoms with E-state index in [2.05, 4.69) is 51.9 Å². The molecule has 0 saturated carbocycles. The number of aromatic nitrogens is 2. The van der Waals surface area contributed by atoms with E-state index < -0.39 is 0 Å². The number of anilines is 1. The van der Waals surface area contributed by atoms with Gasteiger partial charge in [0.25, 0.3) is 5.91 Å². The summed E-state index contributed by atoms with van der Waals surface area (Å²) in [6.07, 6.45) is 0.894. The third kappa shape index (κ3) is 3.62. The predicted molar refractivity (Wildman–Crippen MR) is 118 cm³/mol. The molecule has 1 N–H and O–H groups in total. The average molecular weight is 414 g/mol. The second-order valence-corrected chi connectivity index (χ2v) is 8.20. The van der Waals surface area contributed by atoms with Gasteiger partial charge in [-0.1, -0.05) is 47.6 Å². The van der Waals surface area contributed by atoms with Crippen molar-refractivity contribution >= 4 is 23.4 Å². The highest BCUT2D eigenvalue weighted by Gasteiger charge is 2.19. The maximum atomic E-state index is 13.0. The number of amides is 1. The molecule has 0 spiro atoms. The van der Waals surface area contributed by atoms with Crippen LogP contribution in [0.1, 0.15) is 33.2 Å². The number of thioether (sulfide) groups is 1. The Kier molecular flexibility index (Phi) is 4.85. The number of aryl methyl sites for hydroxylation is 1. The lowest BCUT2D eigenvalue weighted by Crippen LogP contribution is -2.13. The van der Waals surface area contributed by atoms with Gasteiger partial charge in [-0.05, 0) is 59.9 Å². The van der Waals surface area contributed by atoms with Crippen LogP contribution >= 0.6 is 11.8 Å². The van der Waals surface area contributed by atoms with E-state index in [9.17, 15) is 4.79 Å². The molecule has 0 bridgehead atoms. The van der Waals surface area contributed by atoms with Gasteiger partial charge < -0.3 is 9.84 Å². The van der Waals surface area contributed by atoms with E-state index in [4.69, 9.17) is 4.52 Å². The van der Waals surface area contributed by atoms with Gasteiger partial charge in [-0.25, -0.2) is 0 Å². The minimum absolute atomic E-state index is 0.129. The first-order chi connectivity index (χ1) is 14.7. The van der Waals surface area contributed by atoms with Gasteiger partial charge in [0, 0.05) is 10.6 Å². The Morgan fingerprint density at radius 1 is 1.03 bits per heavy atom. The van der Waals surface area contributed by atoms with E-state index in [0.717, 1.165) is 17.0 Å². The van der Waals surface area contributed by atoms with Gasteiger partial charge in [0.15, 0.2) is 5.82 Å². The second-order valence-electron chi connectivity index (χ2n) is 7.18. The lowest BCUT2D eigenvalue weighted by atomic mass is 10.1. The molecule has 1 aromatic heterocycles. The SMILES string of the molecule is Cc1noc(CSc2ccccc2C(=O)Nc2ccc3c(c2)Cc2ccccc2-3)n1. The van der Waals surface area contributed by atoms with Crippen molar-refractivity contribution < 1.29 is 9.32 Å². The van der Waals surface area contributed by atoms with Crippen molar-refractivity contribution in [1.82, 2.24) is 10.1 Å². The zero-order chi connectivity index (χ0) is 20.5. The lowest BCUT2D eigenvalue weighted by Gasteiger charge is -2.10. The van der Waals surface area contributed by atoms with Gasteiger partial charge in [-0.3, -0.25) is 4.79 Å². The Morgan fingerprint density at radius 3 is 2.70 bits per heavy atom. The number of benzene rings is 3. The predicted octanol–water partition coefficient (Wildman–Crippen LogP) is 5.49. The van der Waals surface area contributed by atoms with Crippen LogP contribution in [0.5, 0.6) is 0 Å². The Balaban J connectivity index is 1.33. The first-order valence-electron chi connectivity index (χ1n) is 9.71. The van der Waals surface area contributed by atoms with E-state index in [-0.39, 0.29) is 5.91 Å². The molecule has 0 atom stereocenters. The van der Waals surface area contributed by atoms with Crippen LogP contribution in [0.25, 0.3) is 11.1 Å². The molecule has 30 heavy (non-hydrogen) atoms. The zero-order valence-corrected chi connectivity index (χ0v) is 17.2. The van der Waals surface area contributed by atoms with Crippen LogP contribution in [0.3, 0.4) is 0 Å². The summed E-state index contributed by atoms with van der Waals surface area (Å²) < 4.78 is 5.17. The second kappa shape index (κ2) is 7.80. The van der Waals surface area contributed by atoms with Crippen LogP contribution in [0.2, 0.25) is 0 Å². The molecular weight excluding hydrogens is 394 g/mol. The molecule has 0 saturated heterocycles. The fourth-order valence-corrected chi connectivity index (χ4v) is 4.63. The molecule has 0 fully saturated rings. The van der Waals surface area contributed by atoms with Gasteiger partial charge in [0.1, 0.15) is 0 Å². The smallest absolute Gasteiger partial charge is 0.256 e. The molecule has 5 nitrogen and oxygen atoms in total. The van der Waals surface area contributed by atoms with Crippen molar-refractivity contribution in [2.45, 2.75) is 24.0 Å². The molecule has 6 heteroatoms. The van der Waals surface area contributed by atoms with Crippen molar-refractivity contribution in [3.8, 4) is 11.1 Å². The number of nitrogens with zero attached hydrogens (tertiary/aromatic N) is 2. The average Bonchev–Trinajstić information content (AvgIpc) is 3.35. The van der Waals surface area contributed by atoms with Crippen molar-refractivity contribution in [3.63, 3.8) is 0 Å². The molecule has 3 aromatic carbocycles. The number of carbonyl (C=O) groups is 1. The highest BCUT2D eigenvalue weighted by molar-refractivity contribution is 7.98. The zero-order valence-electron chi connectivity index (χ0n) is 16.4. The van der Waals surface area contributed by atoms with Crippen LogP contribution in [0.4, 0.5) is 5.69 Å². The number of carbonyl (C=O) groups excluding carboxylic acids is 1. The summed E-state index contributed by atoms with van der Waals surface area (Å²) in [5.41, 5.74) is 6.52. The first kappa shape index (κ1) is 18.6. The van der Waals surface area contributed by atoms with E-state index >= 15 is 0 Å². The molecule has 0 unspecified atom stereocenters. The number of hydrogen-bond donors (Lipinski definition) is 1. The summed E-state index contributed by atoms with van der Waals surface area (Å²) in [6, 6.07) is 22.1. The molecule has 5 rings (SSSR count). The maximum Gasteiger partial charge on any atom is 0.256 e. The monoisotopic (exact) mass is 413 g/mol. The molecule has 0 radical (unpaired) electrons. The van der Waals surface area contributed by atoms with E-state index in [1.54, 1.807) is 6.92 Å². The number of nitrogens with one attached hydrogen (secondary N) is 1. The van der Waals surface area contributed by atoms with Crippen molar-refractivity contribution in [2.24, 2.45) is 0 Å². The van der Waals surface area contributed by atoms with Crippen molar-refractivity contribution in [3.05, 3.63) is 95.1 Å². The van der Waals surface area contributed by atoms with Crippen LogP contribution in [-0.4, -0.2) is 16.0 Å². The van der Waals surface area contributed by atoms with E-state index in [1.165, 1.54) is 34.0 Å². The van der Waals surface area contributed by atoms with Crippen LogP contribution in [0.15, 0.2) is 76.1 Å². The number of fused-ring (bicyclic) bond motifs is 3. The third-order valence-corrected chi connectivity index (χ3v) is 6.16. The molecule has 1 aliphatic carbocycles. The topological polar surface area (TPSA) is 68.0 Å². The fourth-order valence-electron chi connectivity index (χ4n) is 3.74. The largest absolute Gasteiger partial charge is 0.338 e. The van der Waals surface area contributed by atoms with E-state index in [1.807, 2.05) is 30.3 Å². The van der Waals surface area contributed by atoms with Crippen LogP contribution in [0, 0.1) is 6.92 Å². The highest BCUT2D eigenvalue weighted by atomic mass is 32.2. The molecule has 1 heterocycles. The minimum atomic E-state index is -0.129. The summed E-state index contributed by atoms with van der Waals surface area (Å²) >= 11 is 1.51.